The summed E-state index contributed by atoms with van der Waals surface area (Å²) < 4.78 is 0. The quantitative estimate of drug-likeness (QED) is 0.429. The fourth-order valence-electron chi connectivity index (χ4n) is 2.58. The van der Waals surface area contributed by atoms with E-state index in [-0.39, 0.29) is 0 Å². The number of carboxylic acid groups (broad SMARTS) is 1. The van der Waals surface area contributed by atoms with Gasteiger partial charge in [0.25, 0.3) is 0 Å². The van der Waals surface area contributed by atoms with Crippen LogP contribution in [0.4, 0.5) is 0 Å². The smallest absolute Gasteiger partial charge is 0.309 e. The van der Waals surface area contributed by atoms with Crippen LogP contribution in [0.5, 0.6) is 0 Å². The maximum atomic E-state index is 11.5. The molecule has 19 heavy (non-hydrogen) atoms. The molecule has 0 saturated carbocycles. The normalized spacial score (nSPS) is 14.3. The number of hydrogen-bond acceptors (Lipinski definition) is 1. The molecule has 0 fully saturated rings. The van der Waals surface area contributed by atoms with Crippen LogP contribution >= 0.6 is 0 Å². The highest BCUT2D eigenvalue weighted by atomic mass is 16.4. The van der Waals surface area contributed by atoms with Crippen molar-refractivity contribution in [3.63, 3.8) is 0 Å². The van der Waals surface area contributed by atoms with Gasteiger partial charge >= 0.3 is 5.97 Å². The maximum absolute atomic E-state index is 11.5. The fourth-order valence-corrected chi connectivity index (χ4v) is 2.58. The Morgan fingerprint density at radius 2 is 1.16 bits per heavy atom. The standard InChI is InChI=1S/C17H34O2/c1-4-6-8-10-11-13-15-17(3,16(18)19)14-12-9-7-5-2/h4-15H2,1-3H3,(H,18,19). The van der Waals surface area contributed by atoms with Crippen LogP contribution in [0, 0.1) is 5.41 Å². The molecule has 0 radical (unpaired) electrons. The number of hydrogen-bond donors (Lipinski definition) is 1. The van der Waals surface area contributed by atoms with Crippen LogP contribution in [0.15, 0.2) is 0 Å². The SMILES string of the molecule is CCCCCCCCC(C)(CCCCCC)C(=O)O. The molecular weight excluding hydrogens is 236 g/mol. The van der Waals surface area contributed by atoms with Gasteiger partial charge in [0.1, 0.15) is 0 Å². The summed E-state index contributed by atoms with van der Waals surface area (Å²) in [5, 5.41) is 9.43. The summed E-state index contributed by atoms with van der Waals surface area (Å²) >= 11 is 0. The van der Waals surface area contributed by atoms with Crippen molar-refractivity contribution < 1.29 is 9.90 Å². The zero-order chi connectivity index (χ0) is 14.6. The fraction of sp³-hybridized carbons (Fsp3) is 0.941. The molecule has 0 aliphatic heterocycles. The molecule has 1 unspecified atom stereocenters. The van der Waals surface area contributed by atoms with Gasteiger partial charge in [0, 0.05) is 0 Å². The molecule has 2 heteroatoms. The van der Waals surface area contributed by atoms with Crippen molar-refractivity contribution >= 4 is 5.97 Å². The second kappa shape index (κ2) is 11.3. The number of unbranched alkanes of at least 4 members (excludes halogenated alkanes) is 8. The van der Waals surface area contributed by atoms with Crippen LogP contribution in [0.1, 0.15) is 97.8 Å². The van der Waals surface area contributed by atoms with E-state index < -0.39 is 11.4 Å². The average molecular weight is 270 g/mol. The minimum Gasteiger partial charge on any atom is -0.481 e. The van der Waals surface area contributed by atoms with Gasteiger partial charge < -0.3 is 5.11 Å². The highest BCUT2D eigenvalue weighted by Crippen LogP contribution is 2.31. The predicted molar refractivity (Wildman–Crippen MR) is 82.5 cm³/mol. The molecule has 2 nitrogen and oxygen atoms in total. The van der Waals surface area contributed by atoms with Crippen molar-refractivity contribution in [3.8, 4) is 0 Å². The van der Waals surface area contributed by atoms with Gasteiger partial charge in [-0.2, -0.15) is 0 Å². The number of rotatable bonds is 13. The van der Waals surface area contributed by atoms with Gasteiger partial charge in [-0.15, -0.1) is 0 Å². The Hall–Kier alpha value is -0.530. The predicted octanol–water partition coefficient (Wildman–Crippen LogP) is 5.80. The Bertz CT molecular complexity index is 225. The van der Waals surface area contributed by atoms with Gasteiger partial charge in [-0.3, -0.25) is 4.79 Å². The molecule has 114 valence electrons. The first-order valence-corrected chi connectivity index (χ1v) is 8.30. The van der Waals surface area contributed by atoms with Crippen molar-refractivity contribution in [2.45, 2.75) is 97.8 Å². The monoisotopic (exact) mass is 270 g/mol. The lowest BCUT2D eigenvalue weighted by molar-refractivity contribution is -0.149. The molecule has 0 aromatic rings. The molecule has 1 atom stereocenters. The molecular formula is C17H34O2. The van der Waals surface area contributed by atoms with E-state index >= 15 is 0 Å². The van der Waals surface area contributed by atoms with Gasteiger partial charge in [0.05, 0.1) is 5.41 Å². The number of carboxylic acids is 1. The lowest BCUT2D eigenvalue weighted by Gasteiger charge is -2.24. The Morgan fingerprint density at radius 1 is 0.789 bits per heavy atom. The van der Waals surface area contributed by atoms with Crippen LogP contribution in [0.3, 0.4) is 0 Å². The minimum atomic E-state index is -0.599. The molecule has 0 aromatic carbocycles. The van der Waals surface area contributed by atoms with E-state index in [0.717, 1.165) is 25.7 Å². The third-order valence-corrected chi connectivity index (χ3v) is 4.18. The zero-order valence-corrected chi connectivity index (χ0v) is 13.3. The van der Waals surface area contributed by atoms with Crippen molar-refractivity contribution in [2.75, 3.05) is 0 Å². The van der Waals surface area contributed by atoms with E-state index in [0.29, 0.717) is 0 Å². The maximum Gasteiger partial charge on any atom is 0.309 e. The lowest BCUT2D eigenvalue weighted by atomic mass is 9.80. The highest BCUT2D eigenvalue weighted by Gasteiger charge is 2.31. The summed E-state index contributed by atoms with van der Waals surface area (Å²) in [6.45, 7) is 6.35. The van der Waals surface area contributed by atoms with Gasteiger partial charge in [-0.25, -0.2) is 0 Å². The summed E-state index contributed by atoms with van der Waals surface area (Å²) in [6, 6.07) is 0. The van der Waals surface area contributed by atoms with E-state index in [2.05, 4.69) is 13.8 Å². The summed E-state index contributed by atoms with van der Waals surface area (Å²) in [5.41, 5.74) is -0.488. The van der Waals surface area contributed by atoms with Crippen LogP contribution in [-0.2, 0) is 4.79 Å². The van der Waals surface area contributed by atoms with Gasteiger partial charge in [0.2, 0.25) is 0 Å². The van der Waals surface area contributed by atoms with Crippen LogP contribution in [0.25, 0.3) is 0 Å². The zero-order valence-electron chi connectivity index (χ0n) is 13.3. The molecule has 0 aliphatic rings. The molecule has 0 rings (SSSR count). The third kappa shape index (κ3) is 9.07. The third-order valence-electron chi connectivity index (χ3n) is 4.18. The first-order chi connectivity index (χ1) is 9.06. The highest BCUT2D eigenvalue weighted by molar-refractivity contribution is 5.74. The second-order valence-electron chi connectivity index (χ2n) is 6.19. The van der Waals surface area contributed by atoms with Crippen LogP contribution in [-0.4, -0.2) is 11.1 Å². The van der Waals surface area contributed by atoms with Gasteiger partial charge in [-0.05, 0) is 19.8 Å². The van der Waals surface area contributed by atoms with Crippen molar-refractivity contribution in [1.29, 1.82) is 0 Å². The Morgan fingerprint density at radius 3 is 1.58 bits per heavy atom. The molecule has 0 saturated heterocycles. The van der Waals surface area contributed by atoms with Gasteiger partial charge in [-0.1, -0.05) is 78.1 Å². The van der Waals surface area contributed by atoms with Crippen molar-refractivity contribution in [3.05, 3.63) is 0 Å². The van der Waals surface area contributed by atoms with E-state index in [4.69, 9.17) is 0 Å². The Kier molecular flexibility index (Phi) is 11.0. The summed E-state index contributed by atoms with van der Waals surface area (Å²) in [5.74, 6) is -0.599. The number of carbonyl (C=O) groups is 1. The van der Waals surface area contributed by atoms with E-state index in [1.807, 2.05) is 6.92 Å². The first-order valence-electron chi connectivity index (χ1n) is 8.30. The lowest BCUT2D eigenvalue weighted by Crippen LogP contribution is -2.27. The van der Waals surface area contributed by atoms with Crippen molar-refractivity contribution in [2.24, 2.45) is 5.41 Å². The van der Waals surface area contributed by atoms with Crippen LogP contribution < -0.4 is 0 Å². The molecule has 0 spiro atoms. The first kappa shape index (κ1) is 18.5. The van der Waals surface area contributed by atoms with Crippen LogP contribution in [0.2, 0.25) is 0 Å². The van der Waals surface area contributed by atoms with E-state index in [1.165, 1.54) is 51.4 Å². The molecule has 0 amide bonds. The molecule has 0 aromatic heterocycles. The molecule has 0 heterocycles. The van der Waals surface area contributed by atoms with E-state index in [9.17, 15) is 9.90 Å². The minimum absolute atomic E-state index is 0.488. The van der Waals surface area contributed by atoms with E-state index in [1.54, 1.807) is 0 Å². The summed E-state index contributed by atoms with van der Waals surface area (Å²) in [6.07, 6.45) is 13.8. The molecule has 0 bridgehead atoms. The largest absolute Gasteiger partial charge is 0.481 e. The second-order valence-corrected chi connectivity index (χ2v) is 6.19. The van der Waals surface area contributed by atoms with Crippen molar-refractivity contribution in [1.82, 2.24) is 0 Å². The molecule has 0 aliphatic carbocycles. The topological polar surface area (TPSA) is 37.3 Å². The summed E-state index contributed by atoms with van der Waals surface area (Å²) in [7, 11) is 0. The summed E-state index contributed by atoms with van der Waals surface area (Å²) in [4.78, 5) is 11.5. The van der Waals surface area contributed by atoms with Gasteiger partial charge in [0.15, 0.2) is 0 Å². The average Bonchev–Trinajstić information content (AvgIpc) is 2.38. The molecule has 1 N–H and O–H groups in total. The Balaban J connectivity index is 3.85. The number of aliphatic carboxylic acids is 1. The Labute approximate surface area is 120 Å².